The largest absolute Gasteiger partial charge is 0.484 e. The van der Waals surface area contributed by atoms with Crippen molar-refractivity contribution < 1.29 is 23.6 Å². The maximum absolute atomic E-state index is 13.4. The lowest BCUT2D eigenvalue weighted by Crippen LogP contribution is -2.48. The highest BCUT2D eigenvalue weighted by atomic mass is 35.5. The van der Waals surface area contributed by atoms with Crippen LogP contribution in [0.4, 0.5) is 4.39 Å². The molecule has 3 saturated carbocycles. The van der Waals surface area contributed by atoms with Crippen LogP contribution in [0.2, 0.25) is 5.02 Å². The zero-order chi connectivity index (χ0) is 20.6. The Morgan fingerprint density at radius 1 is 1.38 bits per heavy atom. The Bertz CT molecular complexity index is 804. The summed E-state index contributed by atoms with van der Waals surface area (Å²) in [7, 11) is 0. The highest BCUT2D eigenvalue weighted by Crippen LogP contribution is 2.58. The minimum absolute atomic E-state index is 0.00263. The highest BCUT2D eigenvalue weighted by Gasteiger charge is 2.60. The predicted octanol–water partition coefficient (Wildman–Crippen LogP) is 1.06. The normalized spacial score (nSPS) is 32.5. The predicted molar refractivity (Wildman–Crippen MR) is 102 cm³/mol. The van der Waals surface area contributed by atoms with Crippen molar-refractivity contribution in [2.75, 3.05) is 13.2 Å². The molecule has 4 N–H and O–H groups in total. The highest BCUT2D eigenvalue weighted by molar-refractivity contribution is 6.30. The van der Waals surface area contributed by atoms with E-state index in [2.05, 4.69) is 21.4 Å². The number of halogens is 2. The molecule has 4 aliphatic rings. The molecule has 29 heavy (non-hydrogen) atoms. The van der Waals surface area contributed by atoms with E-state index in [-0.39, 0.29) is 47.6 Å². The van der Waals surface area contributed by atoms with E-state index in [1.54, 1.807) is 0 Å². The van der Waals surface area contributed by atoms with Crippen LogP contribution in [0.5, 0.6) is 5.75 Å². The summed E-state index contributed by atoms with van der Waals surface area (Å²) in [4.78, 5) is 30.1. The van der Waals surface area contributed by atoms with E-state index in [1.807, 2.05) is 6.92 Å². The van der Waals surface area contributed by atoms with E-state index in [0.717, 1.165) is 18.9 Å². The van der Waals surface area contributed by atoms with Gasteiger partial charge in [-0.05, 0) is 44.2 Å². The lowest BCUT2D eigenvalue weighted by Gasteiger charge is -2.36. The second-order valence-electron chi connectivity index (χ2n) is 8.01. The Kier molecular flexibility index (Phi) is 5.65. The second-order valence-corrected chi connectivity index (χ2v) is 8.42. The molecule has 4 fully saturated rings. The van der Waals surface area contributed by atoms with Crippen LogP contribution in [-0.4, -0.2) is 43.4 Å². The minimum Gasteiger partial charge on any atom is -0.484 e. The van der Waals surface area contributed by atoms with Gasteiger partial charge in [-0.3, -0.25) is 19.7 Å². The molecule has 0 spiro atoms. The molecule has 158 valence electrons. The van der Waals surface area contributed by atoms with Crippen LogP contribution < -0.4 is 26.2 Å². The van der Waals surface area contributed by atoms with E-state index in [4.69, 9.17) is 21.2 Å². The average molecular weight is 427 g/mol. The zero-order valence-corrected chi connectivity index (χ0v) is 16.7. The number of amides is 2. The zero-order valence-electron chi connectivity index (χ0n) is 16.0. The third kappa shape index (κ3) is 4.32. The van der Waals surface area contributed by atoms with E-state index in [0.29, 0.717) is 18.9 Å². The van der Waals surface area contributed by atoms with Crippen LogP contribution in [0.25, 0.3) is 0 Å². The van der Waals surface area contributed by atoms with Crippen molar-refractivity contribution in [1.82, 2.24) is 21.4 Å². The molecule has 8 nitrogen and oxygen atoms in total. The molecule has 10 heteroatoms. The first-order valence-electron chi connectivity index (χ1n) is 9.67. The SMILES string of the molecule is CC1NOC(CNC(=O)C23CC(C2)[C@@H](NC(=O)COc2ccc(Cl)c(F)c2)C3)N1. The van der Waals surface area contributed by atoms with Crippen LogP contribution in [0.15, 0.2) is 18.2 Å². The number of nitrogens with one attached hydrogen (secondary N) is 4. The van der Waals surface area contributed by atoms with Crippen molar-refractivity contribution in [3.63, 3.8) is 0 Å². The first-order valence-corrected chi connectivity index (χ1v) is 10.1. The number of hydroxylamine groups is 1. The topological polar surface area (TPSA) is 101 Å². The van der Waals surface area contributed by atoms with E-state index in [1.165, 1.54) is 12.1 Å². The number of carbonyl (C=O) groups excluding carboxylic acids is 2. The summed E-state index contributed by atoms with van der Waals surface area (Å²) >= 11 is 5.63. The lowest BCUT2D eigenvalue weighted by molar-refractivity contribution is -0.135. The van der Waals surface area contributed by atoms with Gasteiger partial charge in [0.05, 0.1) is 23.1 Å². The Morgan fingerprint density at radius 2 is 2.17 bits per heavy atom. The van der Waals surface area contributed by atoms with Gasteiger partial charge in [-0.2, -0.15) is 5.48 Å². The van der Waals surface area contributed by atoms with Gasteiger partial charge in [-0.25, -0.2) is 4.39 Å². The molecule has 0 aromatic heterocycles. The molecule has 1 aromatic carbocycles. The summed E-state index contributed by atoms with van der Waals surface area (Å²) < 4.78 is 18.7. The third-order valence-electron chi connectivity index (χ3n) is 5.85. The maximum Gasteiger partial charge on any atom is 0.258 e. The van der Waals surface area contributed by atoms with Crippen molar-refractivity contribution in [1.29, 1.82) is 0 Å². The van der Waals surface area contributed by atoms with Gasteiger partial charge in [0, 0.05) is 12.1 Å². The maximum atomic E-state index is 13.4. The van der Waals surface area contributed by atoms with Gasteiger partial charge >= 0.3 is 0 Å². The van der Waals surface area contributed by atoms with Crippen molar-refractivity contribution in [2.24, 2.45) is 11.3 Å². The molecular formula is C19H24ClFN4O4. The molecule has 1 aromatic rings. The fourth-order valence-electron chi connectivity index (χ4n) is 4.40. The molecular weight excluding hydrogens is 403 g/mol. The third-order valence-corrected chi connectivity index (χ3v) is 6.15. The number of fused-ring (bicyclic) bond motifs is 1. The standard InChI is InChI=1S/C19H24ClFN4O4/c1-10-23-17(29-25-10)8-22-18(27)19-5-11(6-19)15(7-19)24-16(26)9-28-12-2-3-13(20)14(21)4-12/h2-4,10-11,15,17,23,25H,5-9H2,1H3,(H,22,27)(H,24,26)/t10?,11?,15-,17?,19?/m0/s1. The molecule has 2 unspecified atom stereocenters. The van der Waals surface area contributed by atoms with E-state index < -0.39 is 11.2 Å². The Labute approximate surface area is 172 Å². The van der Waals surface area contributed by atoms with Crippen LogP contribution in [0.1, 0.15) is 26.2 Å². The molecule has 3 aliphatic carbocycles. The van der Waals surface area contributed by atoms with Crippen molar-refractivity contribution in [3.05, 3.63) is 29.0 Å². The summed E-state index contributed by atoms with van der Waals surface area (Å²) in [5.41, 5.74) is 2.38. The number of hydrogen-bond acceptors (Lipinski definition) is 6. The van der Waals surface area contributed by atoms with Crippen LogP contribution in [0, 0.1) is 17.2 Å². The monoisotopic (exact) mass is 426 g/mol. The average Bonchev–Trinajstić information content (AvgIpc) is 3.33. The molecule has 1 heterocycles. The Morgan fingerprint density at radius 3 is 2.86 bits per heavy atom. The number of rotatable bonds is 7. The molecule has 2 bridgehead atoms. The second kappa shape index (κ2) is 8.06. The van der Waals surface area contributed by atoms with Crippen molar-refractivity contribution in [3.8, 4) is 5.75 Å². The van der Waals surface area contributed by atoms with E-state index in [9.17, 15) is 14.0 Å². The summed E-state index contributed by atoms with van der Waals surface area (Å²) in [6.07, 6.45) is 1.92. The van der Waals surface area contributed by atoms with Gasteiger partial charge < -0.3 is 15.4 Å². The van der Waals surface area contributed by atoms with Crippen LogP contribution in [0.3, 0.4) is 0 Å². The summed E-state index contributed by atoms with van der Waals surface area (Å²) in [6.45, 7) is 2.08. The van der Waals surface area contributed by atoms with Crippen molar-refractivity contribution in [2.45, 2.75) is 44.6 Å². The number of carbonyl (C=O) groups is 2. The smallest absolute Gasteiger partial charge is 0.258 e. The van der Waals surface area contributed by atoms with Gasteiger partial charge in [-0.1, -0.05) is 11.6 Å². The molecule has 1 aliphatic heterocycles. The molecule has 5 rings (SSSR count). The molecule has 2 amide bonds. The molecule has 0 radical (unpaired) electrons. The van der Waals surface area contributed by atoms with Crippen LogP contribution in [-0.2, 0) is 14.4 Å². The number of hydrogen-bond donors (Lipinski definition) is 4. The molecule has 3 atom stereocenters. The van der Waals surface area contributed by atoms with Gasteiger partial charge in [0.15, 0.2) is 6.61 Å². The fraction of sp³-hybridized carbons (Fsp3) is 0.579. The van der Waals surface area contributed by atoms with Crippen molar-refractivity contribution >= 4 is 23.4 Å². The lowest BCUT2D eigenvalue weighted by atomic mass is 9.69. The number of ether oxygens (including phenoxy) is 1. The minimum atomic E-state index is -0.599. The van der Waals surface area contributed by atoms with Crippen LogP contribution >= 0.6 is 11.6 Å². The van der Waals surface area contributed by atoms with Gasteiger partial charge in [-0.15, -0.1) is 0 Å². The molecule has 1 saturated heterocycles. The summed E-state index contributed by atoms with van der Waals surface area (Å²) in [6, 6.07) is 3.96. The quantitative estimate of drug-likeness (QED) is 0.520. The Balaban J connectivity index is 1.21. The Hall–Kier alpha value is -1.94. The van der Waals surface area contributed by atoms with Gasteiger partial charge in [0.1, 0.15) is 17.8 Å². The first-order chi connectivity index (χ1) is 13.8. The summed E-state index contributed by atoms with van der Waals surface area (Å²) in [5, 5.41) is 9.03. The van der Waals surface area contributed by atoms with Gasteiger partial charge in [0.25, 0.3) is 5.91 Å². The van der Waals surface area contributed by atoms with Gasteiger partial charge in [0.2, 0.25) is 5.91 Å². The van der Waals surface area contributed by atoms with E-state index >= 15 is 0 Å². The first kappa shape index (κ1) is 20.3. The number of benzene rings is 1. The summed E-state index contributed by atoms with van der Waals surface area (Å²) in [5.74, 6) is -0.363. The fourth-order valence-corrected chi connectivity index (χ4v) is 4.52.